The van der Waals surface area contributed by atoms with Crippen molar-refractivity contribution in [2.24, 2.45) is 0 Å². The topological polar surface area (TPSA) is 3.88 Å². The molecule has 74 valence electrons. The molecule has 1 aromatic heterocycles. The number of halogens is 1. The summed E-state index contributed by atoms with van der Waals surface area (Å²) in [6.07, 6.45) is 2.15. The van der Waals surface area contributed by atoms with Crippen LogP contribution in [-0.4, -0.2) is 0 Å². The van der Waals surface area contributed by atoms with Gasteiger partial charge in [-0.1, -0.05) is 12.1 Å². The lowest BCUT2D eigenvalue weighted by Gasteiger charge is -2.00. The van der Waals surface area contributed by atoms with Crippen LogP contribution in [0.4, 0.5) is 0 Å². The Kier molecular flexibility index (Phi) is 3.64. The monoisotopic (exact) mass is 251 g/mol. The molecule has 0 aliphatic rings. The third-order valence-corrected chi connectivity index (χ3v) is 2.48. The molecule has 2 rings (SSSR count). The highest BCUT2D eigenvalue weighted by molar-refractivity contribution is 5.78. The van der Waals surface area contributed by atoms with Crippen LogP contribution in [0.25, 0.3) is 10.9 Å². The van der Waals surface area contributed by atoms with Gasteiger partial charge in [0, 0.05) is 17.5 Å². The van der Waals surface area contributed by atoms with Gasteiger partial charge in [-0.3, -0.25) is 0 Å². The smallest absolute Gasteiger partial charge is 0.212 e. The van der Waals surface area contributed by atoms with Crippen molar-refractivity contribution >= 4 is 10.9 Å². The standard InChI is InChI=1S/C12H14N.BrH/c1-3-13-9-8-10(2)11-6-4-5-7-12(11)13;/h4-9H,3H2,1-2H3;1H/q+1;/p-1. The largest absolute Gasteiger partial charge is 1.00 e. The maximum atomic E-state index is 2.27. The molecule has 2 aromatic rings. The van der Waals surface area contributed by atoms with Crippen LogP contribution in [0.3, 0.4) is 0 Å². The minimum atomic E-state index is 0. The molecular weight excluding hydrogens is 238 g/mol. The summed E-state index contributed by atoms with van der Waals surface area (Å²) in [5, 5.41) is 1.35. The van der Waals surface area contributed by atoms with Crippen molar-refractivity contribution in [2.75, 3.05) is 0 Å². The molecule has 0 saturated carbocycles. The molecule has 14 heavy (non-hydrogen) atoms. The zero-order valence-corrected chi connectivity index (χ0v) is 10.1. The van der Waals surface area contributed by atoms with E-state index in [0.717, 1.165) is 6.54 Å². The van der Waals surface area contributed by atoms with E-state index in [9.17, 15) is 0 Å². The van der Waals surface area contributed by atoms with Crippen molar-refractivity contribution < 1.29 is 21.5 Å². The number of aryl methyl sites for hydroxylation is 2. The fraction of sp³-hybridized carbons (Fsp3) is 0.250. The highest BCUT2D eigenvalue weighted by Crippen LogP contribution is 2.13. The van der Waals surface area contributed by atoms with Gasteiger partial charge in [-0.05, 0) is 25.5 Å². The van der Waals surface area contributed by atoms with Crippen molar-refractivity contribution in [2.45, 2.75) is 20.4 Å². The predicted octanol–water partition coefficient (Wildman–Crippen LogP) is -0.540. The summed E-state index contributed by atoms with van der Waals surface area (Å²) in [6, 6.07) is 10.7. The number of hydrogen-bond acceptors (Lipinski definition) is 0. The predicted molar refractivity (Wildman–Crippen MR) is 54.6 cm³/mol. The van der Waals surface area contributed by atoms with E-state index in [1.807, 2.05) is 0 Å². The zero-order valence-electron chi connectivity index (χ0n) is 8.50. The van der Waals surface area contributed by atoms with Gasteiger partial charge in [0.25, 0.3) is 0 Å². The average molecular weight is 252 g/mol. The molecule has 0 aliphatic carbocycles. The lowest BCUT2D eigenvalue weighted by molar-refractivity contribution is -0.667. The van der Waals surface area contributed by atoms with E-state index in [-0.39, 0.29) is 17.0 Å². The van der Waals surface area contributed by atoms with Crippen LogP contribution in [0, 0.1) is 6.92 Å². The van der Waals surface area contributed by atoms with Crippen LogP contribution in [0.2, 0.25) is 0 Å². The van der Waals surface area contributed by atoms with Crippen molar-refractivity contribution in [3.05, 3.63) is 42.1 Å². The van der Waals surface area contributed by atoms with Crippen LogP contribution >= 0.6 is 0 Å². The summed E-state index contributed by atoms with van der Waals surface area (Å²) in [5.41, 5.74) is 2.67. The van der Waals surface area contributed by atoms with E-state index < -0.39 is 0 Å². The van der Waals surface area contributed by atoms with Crippen LogP contribution < -0.4 is 21.5 Å². The van der Waals surface area contributed by atoms with E-state index in [0.29, 0.717) is 0 Å². The van der Waals surface area contributed by atoms with Crippen molar-refractivity contribution in [3.8, 4) is 0 Å². The number of aromatic nitrogens is 1. The maximum Gasteiger partial charge on any atom is 0.212 e. The Balaban J connectivity index is 0.000000980. The van der Waals surface area contributed by atoms with Crippen molar-refractivity contribution in [1.82, 2.24) is 0 Å². The average Bonchev–Trinajstić information content (AvgIpc) is 2.19. The number of hydrogen-bond donors (Lipinski definition) is 0. The lowest BCUT2D eigenvalue weighted by Crippen LogP contribution is -3.00. The third-order valence-electron chi connectivity index (χ3n) is 2.48. The van der Waals surface area contributed by atoms with Crippen molar-refractivity contribution in [3.63, 3.8) is 0 Å². The highest BCUT2D eigenvalue weighted by Gasteiger charge is 2.06. The lowest BCUT2D eigenvalue weighted by atomic mass is 10.1. The van der Waals surface area contributed by atoms with Gasteiger partial charge in [0.05, 0.1) is 0 Å². The summed E-state index contributed by atoms with van der Waals surface area (Å²) in [6.45, 7) is 5.35. The van der Waals surface area contributed by atoms with E-state index in [1.165, 1.54) is 16.5 Å². The summed E-state index contributed by atoms with van der Waals surface area (Å²) in [4.78, 5) is 0. The van der Waals surface area contributed by atoms with Crippen LogP contribution in [-0.2, 0) is 6.54 Å². The summed E-state index contributed by atoms with van der Waals surface area (Å²) in [7, 11) is 0. The highest BCUT2D eigenvalue weighted by atomic mass is 79.9. The first-order valence-corrected chi connectivity index (χ1v) is 4.70. The molecule has 1 heterocycles. The molecule has 0 amide bonds. The Hall–Kier alpha value is -0.890. The van der Waals surface area contributed by atoms with E-state index in [4.69, 9.17) is 0 Å². The molecule has 0 aliphatic heterocycles. The van der Waals surface area contributed by atoms with Gasteiger partial charge in [-0.2, -0.15) is 4.57 Å². The van der Waals surface area contributed by atoms with Crippen molar-refractivity contribution in [1.29, 1.82) is 0 Å². The normalized spacial score (nSPS) is 9.86. The second-order valence-corrected chi connectivity index (χ2v) is 3.30. The van der Waals surface area contributed by atoms with E-state index in [1.54, 1.807) is 0 Å². The molecule has 1 aromatic carbocycles. The van der Waals surface area contributed by atoms with Gasteiger partial charge in [-0.25, -0.2) is 0 Å². The molecular formula is C12H14BrN. The molecule has 0 bridgehead atoms. The van der Waals surface area contributed by atoms with Crippen LogP contribution in [0.1, 0.15) is 12.5 Å². The van der Waals surface area contributed by atoms with Crippen LogP contribution in [0.15, 0.2) is 36.5 Å². The second kappa shape index (κ2) is 4.56. The molecule has 1 nitrogen and oxygen atoms in total. The van der Waals surface area contributed by atoms with Gasteiger partial charge in [0.15, 0.2) is 6.20 Å². The molecule has 0 radical (unpaired) electrons. The van der Waals surface area contributed by atoms with Gasteiger partial charge in [0.1, 0.15) is 6.54 Å². The molecule has 0 N–H and O–H groups in total. The first-order valence-electron chi connectivity index (χ1n) is 4.70. The number of benzene rings is 1. The Morgan fingerprint density at radius 3 is 2.57 bits per heavy atom. The molecule has 0 atom stereocenters. The zero-order chi connectivity index (χ0) is 9.26. The minimum Gasteiger partial charge on any atom is -1.00 e. The van der Waals surface area contributed by atoms with Gasteiger partial charge in [0.2, 0.25) is 5.52 Å². The van der Waals surface area contributed by atoms with Crippen LogP contribution in [0.5, 0.6) is 0 Å². The summed E-state index contributed by atoms with van der Waals surface area (Å²) >= 11 is 0. The quantitative estimate of drug-likeness (QED) is 0.600. The van der Waals surface area contributed by atoms with Gasteiger partial charge in [-0.15, -0.1) is 0 Å². The molecule has 0 fully saturated rings. The number of rotatable bonds is 1. The Bertz CT molecular complexity index is 437. The van der Waals surface area contributed by atoms with E-state index >= 15 is 0 Å². The van der Waals surface area contributed by atoms with E-state index in [2.05, 4.69) is 54.9 Å². The fourth-order valence-electron chi connectivity index (χ4n) is 1.71. The Labute approximate surface area is 95.2 Å². The Morgan fingerprint density at radius 1 is 1.14 bits per heavy atom. The minimum absolute atomic E-state index is 0. The SMILES string of the molecule is CC[n+]1ccc(C)c2ccccc21.[Br-]. The molecule has 0 spiro atoms. The first-order chi connectivity index (χ1) is 6.33. The number of pyridine rings is 1. The molecule has 0 saturated heterocycles. The number of fused-ring (bicyclic) bond motifs is 1. The molecule has 0 unspecified atom stereocenters. The summed E-state index contributed by atoms with van der Waals surface area (Å²) in [5.74, 6) is 0. The second-order valence-electron chi connectivity index (χ2n) is 3.30. The Morgan fingerprint density at radius 2 is 1.86 bits per heavy atom. The summed E-state index contributed by atoms with van der Waals surface area (Å²) < 4.78 is 2.27. The number of para-hydroxylation sites is 1. The van der Waals surface area contributed by atoms with Gasteiger partial charge < -0.3 is 17.0 Å². The number of nitrogens with zero attached hydrogens (tertiary/aromatic N) is 1. The molecule has 2 heteroatoms. The third kappa shape index (κ3) is 1.80. The first kappa shape index (κ1) is 11.2. The fourth-order valence-corrected chi connectivity index (χ4v) is 1.71. The van der Waals surface area contributed by atoms with Gasteiger partial charge >= 0.3 is 0 Å². The maximum absolute atomic E-state index is 2.27.